The summed E-state index contributed by atoms with van der Waals surface area (Å²) in [6, 6.07) is 24.4. The number of hydrogen-bond donors (Lipinski definition) is 0. The fourth-order valence-corrected chi connectivity index (χ4v) is 4.44. The van der Waals surface area contributed by atoms with E-state index in [4.69, 9.17) is 4.52 Å². The number of aromatic nitrogens is 4. The van der Waals surface area contributed by atoms with Gasteiger partial charge in [-0.2, -0.15) is 0 Å². The van der Waals surface area contributed by atoms with Crippen molar-refractivity contribution in [1.29, 1.82) is 0 Å². The van der Waals surface area contributed by atoms with Gasteiger partial charge in [-0.3, -0.25) is 19.3 Å². The van der Waals surface area contributed by atoms with E-state index in [1.165, 1.54) is 0 Å². The molecule has 0 N–H and O–H groups in total. The quantitative estimate of drug-likeness (QED) is 0.328. The van der Waals surface area contributed by atoms with Crippen molar-refractivity contribution in [1.82, 2.24) is 24.4 Å². The Bertz CT molecular complexity index is 1590. The van der Waals surface area contributed by atoms with Crippen LogP contribution in [0.5, 0.6) is 0 Å². The van der Waals surface area contributed by atoms with Crippen LogP contribution in [0.3, 0.4) is 0 Å². The summed E-state index contributed by atoms with van der Waals surface area (Å²) in [4.78, 5) is 33.2. The molecule has 0 aliphatic rings. The van der Waals surface area contributed by atoms with Gasteiger partial charge < -0.3 is 9.42 Å². The second-order valence-corrected chi connectivity index (χ2v) is 8.85. The number of aryl methyl sites for hydroxylation is 1. The number of nitrogens with zero attached hydrogens (tertiary/aromatic N) is 5. The Hall–Kier alpha value is -4.72. The molecule has 0 fully saturated rings. The van der Waals surface area contributed by atoms with Crippen LogP contribution in [-0.4, -0.2) is 30.3 Å². The first kappa shape index (κ1) is 24.0. The SMILES string of the molecule is Cc1onc(-c2ccccc2)c1CN(Cc1c(C)n(C)n(-c2ccccc2)c1=O)C(=O)c1ccccn1. The van der Waals surface area contributed by atoms with Gasteiger partial charge in [0.25, 0.3) is 11.5 Å². The number of hydrogen-bond acceptors (Lipinski definition) is 5. The van der Waals surface area contributed by atoms with Crippen molar-refractivity contribution in [3.63, 3.8) is 0 Å². The molecule has 1 amide bonds. The van der Waals surface area contributed by atoms with Gasteiger partial charge in [0, 0.05) is 30.1 Å². The summed E-state index contributed by atoms with van der Waals surface area (Å²) in [6.45, 7) is 4.02. The molecule has 0 bridgehead atoms. The Morgan fingerprint density at radius 1 is 0.892 bits per heavy atom. The first-order valence-electron chi connectivity index (χ1n) is 12.0. The monoisotopic (exact) mass is 493 g/mol. The molecule has 3 heterocycles. The number of rotatable bonds is 7. The Labute approximate surface area is 214 Å². The van der Waals surface area contributed by atoms with Crippen molar-refractivity contribution in [3.05, 3.63) is 124 Å². The third-order valence-corrected chi connectivity index (χ3v) is 6.57. The minimum absolute atomic E-state index is 0.104. The van der Waals surface area contributed by atoms with Crippen LogP contribution >= 0.6 is 0 Å². The fraction of sp³-hybridized carbons (Fsp3) is 0.172. The maximum atomic E-state index is 13.7. The standard InChI is InChI=1S/C29H27N5O3/c1-20-24(28(35)34(32(20)3)23-14-8-5-9-15-23)18-33(29(36)26-16-10-11-17-30-26)19-25-21(2)37-31-27(25)22-12-6-4-7-13-22/h4-17H,18-19H2,1-3H3. The molecule has 2 aromatic carbocycles. The zero-order valence-electron chi connectivity index (χ0n) is 21.0. The maximum Gasteiger partial charge on any atom is 0.276 e. The van der Waals surface area contributed by atoms with Crippen molar-refractivity contribution in [3.8, 4) is 16.9 Å². The van der Waals surface area contributed by atoms with Gasteiger partial charge in [-0.25, -0.2) is 4.68 Å². The zero-order chi connectivity index (χ0) is 25.9. The predicted octanol–water partition coefficient (Wildman–Crippen LogP) is 4.69. The van der Waals surface area contributed by atoms with Gasteiger partial charge in [0.1, 0.15) is 17.1 Å². The summed E-state index contributed by atoms with van der Waals surface area (Å²) in [6.07, 6.45) is 1.58. The third-order valence-electron chi connectivity index (χ3n) is 6.57. The highest BCUT2D eigenvalue weighted by atomic mass is 16.5. The lowest BCUT2D eigenvalue weighted by Gasteiger charge is -2.22. The number of carbonyl (C=O) groups is 1. The molecule has 0 aliphatic heterocycles. The summed E-state index contributed by atoms with van der Waals surface area (Å²) < 4.78 is 8.98. The van der Waals surface area contributed by atoms with Crippen LogP contribution in [0, 0.1) is 13.8 Å². The first-order valence-corrected chi connectivity index (χ1v) is 12.0. The molecular weight excluding hydrogens is 466 g/mol. The molecule has 3 aromatic heterocycles. The highest BCUT2D eigenvalue weighted by Crippen LogP contribution is 2.27. The lowest BCUT2D eigenvalue weighted by atomic mass is 10.1. The van der Waals surface area contributed by atoms with Gasteiger partial charge in [0.15, 0.2) is 0 Å². The molecule has 0 saturated carbocycles. The molecule has 8 nitrogen and oxygen atoms in total. The van der Waals surface area contributed by atoms with Crippen LogP contribution in [0.25, 0.3) is 16.9 Å². The minimum atomic E-state index is -0.283. The van der Waals surface area contributed by atoms with Gasteiger partial charge in [0.2, 0.25) is 0 Å². The molecular formula is C29H27N5O3. The van der Waals surface area contributed by atoms with Crippen LogP contribution in [0.1, 0.15) is 33.1 Å². The van der Waals surface area contributed by atoms with E-state index in [2.05, 4.69) is 10.1 Å². The van der Waals surface area contributed by atoms with Crippen LogP contribution in [0.2, 0.25) is 0 Å². The summed E-state index contributed by atoms with van der Waals surface area (Å²) in [5.74, 6) is 0.332. The van der Waals surface area contributed by atoms with Gasteiger partial charge in [-0.1, -0.05) is 59.8 Å². The normalized spacial score (nSPS) is 11.0. The van der Waals surface area contributed by atoms with Gasteiger partial charge >= 0.3 is 0 Å². The summed E-state index contributed by atoms with van der Waals surface area (Å²) >= 11 is 0. The van der Waals surface area contributed by atoms with Crippen molar-refractivity contribution < 1.29 is 9.32 Å². The van der Waals surface area contributed by atoms with Crippen LogP contribution in [-0.2, 0) is 20.1 Å². The van der Waals surface area contributed by atoms with Crippen LogP contribution in [0.15, 0.2) is 94.4 Å². The molecule has 8 heteroatoms. The molecule has 0 radical (unpaired) electrons. The molecule has 5 rings (SSSR count). The largest absolute Gasteiger partial charge is 0.361 e. The Balaban J connectivity index is 1.58. The maximum absolute atomic E-state index is 13.7. The summed E-state index contributed by atoms with van der Waals surface area (Å²) in [5, 5.41) is 4.27. The Morgan fingerprint density at radius 3 is 2.22 bits per heavy atom. The Kier molecular flexibility index (Phi) is 6.55. The van der Waals surface area contributed by atoms with Crippen molar-refractivity contribution in [2.75, 3.05) is 0 Å². The lowest BCUT2D eigenvalue weighted by molar-refractivity contribution is 0.0723. The molecule has 0 saturated heterocycles. The molecule has 37 heavy (non-hydrogen) atoms. The van der Waals surface area contributed by atoms with E-state index in [1.807, 2.05) is 86.2 Å². The van der Waals surface area contributed by atoms with Crippen molar-refractivity contribution >= 4 is 5.91 Å². The third kappa shape index (κ3) is 4.61. The first-order chi connectivity index (χ1) is 18.0. The number of amides is 1. The van der Waals surface area contributed by atoms with Gasteiger partial charge in [0.05, 0.1) is 24.3 Å². The van der Waals surface area contributed by atoms with Crippen molar-refractivity contribution in [2.24, 2.45) is 7.05 Å². The average molecular weight is 494 g/mol. The Morgan fingerprint density at radius 2 is 1.54 bits per heavy atom. The molecule has 0 spiro atoms. The second-order valence-electron chi connectivity index (χ2n) is 8.85. The van der Waals surface area contributed by atoms with Crippen molar-refractivity contribution in [2.45, 2.75) is 26.9 Å². The summed E-state index contributed by atoms with van der Waals surface area (Å²) in [5.41, 5.74) is 4.54. The molecule has 0 aliphatic carbocycles. The van der Waals surface area contributed by atoms with E-state index in [0.717, 1.165) is 22.5 Å². The zero-order valence-corrected chi connectivity index (χ0v) is 21.0. The number of pyridine rings is 1. The highest BCUT2D eigenvalue weighted by Gasteiger charge is 2.26. The van der Waals surface area contributed by atoms with E-state index in [0.29, 0.717) is 22.7 Å². The lowest BCUT2D eigenvalue weighted by Crippen LogP contribution is -2.33. The van der Waals surface area contributed by atoms with Crippen LogP contribution in [0.4, 0.5) is 0 Å². The van der Waals surface area contributed by atoms with E-state index >= 15 is 0 Å². The molecule has 0 atom stereocenters. The molecule has 0 unspecified atom stereocenters. The molecule has 186 valence electrons. The number of benzene rings is 2. The number of para-hydroxylation sites is 1. The van der Waals surface area contributed by atoms with E-state index < -0.39 is 0 Å². The summed E-state index contributed by atoms with van der Waals surface area (Å²) in [7, 11) is 1.84. The van der Waals surface area contributed by atoms with Gasteiger partial charge in [-0.05, 0) is 38.1 Å². The molecule has 5 aromatic rings. The van der Waals surface area contributed by atoms with E-state index in [-0.39, 0.29) is 24.6 Å². The second kappa shape index (κ2) is 10.1. The van der Waals surface area contributed by atoms with E-state index in [9.17, 15) is 9.59 Å². The highest BCUT2D eigenvalue weighted by molar-refractivity contribution is 5.92. The van der Waals surface area contributed by atoms with Crippen LogP contribution < -0.4 is 5.56 Å². The average Bonchev–Trinajstić information content (AvgIpc) is 3.40. The smallest absolute Gasteiger partial charge is 0.276 e. The van der Waals surface area contributed by atoms with E-state index in [1.54, 1.807) is 34.0 Å². The minimum Gasteiger partial charge on any atom is -0.361 e. The fourth-order valence-electron chi connectivity index (χ4n) is 4.44. The predicted molar refractivity (Wildman–Crippen MR) is 140 cm³/mol. The topological polar surface area (TPSA) is 86.2 Å². The number of carbonyl (C=O) groups excluding carboxylic acids is 1. The van der Waals surface area contributed by atoms with Gasteiger partial charge in [-0.15, -0.1) is 0 Å².